The van der Waals surface area contributed by atoms with Gasteiger partial charge in [0, 0.05) is 0 Å². The van der Waals surface area contributed by atoms with Gasteiger partial charge >= 0.3 is 5.97 Å². The quantitative estimate of drug-likeness (QED) is 0.709. The second-order valence-electron chi connectivity index (χ2n) is 2.01. The Kier molecular flexibility index (Phi) is 3.79. The second kappa shape index (κ2) is 4.35. The Balaban J connectivity index is 0.00000121. The number of rotatable bonds is 2. The summed E-state index contributed by atoms with van der Waals surface area (Å²) in [5.74, 6) is -0.581. The fourth-order valence-corrected chi connectivity index (χ4v) is 0.821. The molecule has 0 amide bonds. The first-order valence-corrected chi connectivity index (χ1v) is 3.12. The molecule has 0 saturated heterocycles. The van der Waals surface area contributed by atoms with Crippen LogP contribution in [0.25, 0.3) is 0 Å². The smallest absolute Gasteiger partial charge is 0.339 e. The number of para-hydroxylation sites is 1. The summed E-state index contributed by atoms with van der Waals surface area (Å²) in [5.41, 5.74) is 0.190. The summed E-state index contributed by atoms with van der Waals surface area (Å²) in [6, 6.07) is 6.50. The molecular formula is C8H12NO3+. The molecule has 0 bridgehead atoms. The van der Waals surface area contributed by atoms with Crippen molar-refractivity contribution in [2.24, 2.45) is 0 Å². The minimum absolute atomic E-state index is 0. The van der Waals surface area contributed by atoms with Crippen LogP contribution in [0.15, 0.2) is 24.3 Å². The van der Waals surface area contributed by atoms with Crippen molar-refractivity contribution >= 4 is 5.97 Å². The van der Waals surface area contributed by atoms with Gasteiger partial charge in [-0.15, -0.1) is 0 Å². The molecule has 0 unspecified atom stereocenters. The topological polar surface area (TPSA) is 83.0 Å². The molecule has 0 aliphatic carbocycles. The van der Waals surface area contributed by atoms with E-state index in [2.05, 4.69) is 0 Å². The molecule has 1 aromatic rings. The molecule has 66 valence electrons. The number of quaternary nitrogens is 1. The van der Waals surface area contributed by atoms with E-state index in [9.17, 15) is 4.79 Å². The first-order chi connectivity index (χ1) is 5.25. The molecule has 4 heteroatoms. The van der Waals surface area contributed by atoms with E-state index in [0.717, 1.165) is 0 Å². The summed E-state index contributed by atoms with van der Waals surface area (Å²) in [4.78, 5) is 10.5. The van der Waals surface area contributed by atoms with Crippen LogP contribution in [0, 0.1) is 0 Å². The molecule has 0 fully saturated rings. The molecule has 12 heavy (non-hydrogen) atoms. The number of methoxy groups -OCH3 is 1. The summed E-state index contributed by atoms with van der Waals surface area (Å²) in [6.45, 7) is 0. The van der Waals surface area contributed by atoms with Gasteiger partial charge in [0.05, 0.1) is 7.11 Å². The number of carbonyl (C=O) groups is 1. The number of benzene rings is 1. The Bertz CT molecular complexity index is 273. The standard InChI is InChI=1S/C8H8O3.H3N/c1-11-7-5-3-2-4-6(7)8(9)10;/h2-5H,1H3,(H,9,10);1H3/p+1. The minimum Gasteiger partial charge on any atom is -0.496 e. The molecule has 0 radical (unpaired) electrons. The summed E-state index contributed by atoms with van der Waals surface area (Å²) >= 11 is 0. The number of ether oxygens (including phenoxy) is 1. The van der Waals surface area contributed by atoms with Crippen LogP contribution in [0.3, 0.4) is 0 Å². The van der Waals surface area contributed by atoms with Crippen LogP contribution in [0.1, 0.15) is 10.4 Å². The van der Waals surface area contributed by atoms with Crippen LogP contribution in [0.4, 0.5) is 0 Å². The van der Waals surface area contributed by atoms with Crippen molar-refractivity contribution in [2.45, 2.75) is 0 Å². The maximum absolute atomic E-state index is 10.5. The van der Waals surface area contributed by atoms with Gasteiger partial charge in [-0.2, -0.15) is 0 Å². The maximum Gasteiger partial charge on any atom is 0.339 e. The van der Waals surface area contributed by atoms with Crippen molar-refractivity contribution in [2.75, 3.05) is 7.11 Å². The SMILES string of the molecule is COc1ccccc1C(=O)O.[NH4+]. The van der Waals surface area contributed by atoms with Gasteiger partial charge < -0.3 is 16.0 Å². The van der Waals surface area contributed by atoms with Crippen LogP contribution in [0.5, 0.6) is 5.75 Å². The highest BCUT2D eigenvalue weighted by Crippen LogP contribution is 2.16. The lowest BCUT2D eigenvalue weighted by Gasteiger charge is -2.01. The van der Waals surface area contributed by atoms with Crippen LogP contribution in [0.2, 0.25) is 0 Å². The average molecular weight is 170 g/mol. The minimum atomic E-state index is -0.970. The average Bonchev–Trinajstić information content (AvgIpc) is 2.04. The fourth-order valence-electron chi connectivity index (χ4n) is 0.821. The van der Waals surface area contributed by atoms with E-state index < -0.39 is 5.97 Å². The van der Waals surface area contributed by atoms with E-state index in [1.54, 1.807) is 18.2 Å². The summed E-state index contributed by atoms with van der Waals surface area (Å²) in [5, 5.41) is 8.62. The van der Waals surface area contributed by atoms with Crippen molar-refractivity contribution in [1.82, 2.24) is 6.15 Å². The number of aromatic carboxylic acids is 1. The molecule has 0 spiro atoms. The summed E-state index contributed by atoms with van der Waals surface area (Å²) in [6.07, 6.45) is 0. The number of carboxylic acid groups (broad SMARTS) is 1. The van der Waals surface area contributed by atoms with E-state index in [1.165, 1.54) is 13.2 Å². The molecule has 0 aromatic heterocycles. The monoisotopic (exact) mass is 170 g/mol. The number of hydrogen-bond acceptors (Lipinski definition) is 2. The zero-order chi connectivity index (χ0) is 8.27. The predicted octanol–water partition coefficient (Wildman–Crippen LogP) is 1.77. The van der Waals surface area contributed by atoms with Crippen molar-refractivity contribution in [1.29, 1.82) is 0 Å². The van der Waals surface area contributed by atoms with E-state index in [-0.39, 0.29) is 11.7 Å². The second-order valence-corrected chi connectivity index (χ2v) is 2.01. The van der Waals surface area contributed by atoms with Crippen LogP contribution >= 0.6 is 0 Å². The molecule has 1 aromatic carbocycles. The van der Waals surface area contributed by atoms with Crippen LogP contribution in [-0.2, 0) is 0 Å². The van der Waals surface area contributed by atoms with E-state index >= 15 is 0 Å². The van der Waals surface area contributed by atoms with Gasteiger partial charge in [0.1, 0.15) is 11.3 Å². The Morgan fingerprint density at radius 1 is 1.42 bits per heavy atom. The van der Waals surface area contributed by atoms with Gasteiger partial charge in [0.15, 0.2) is 0 Å². The molecular weight excluding hydrogens is 158 g/mol. The van der Waals surface area contributed by atoms with Crippen LogP contribution < -0.4 is 10.9 Å². The van der Waals surface area contributed by atoms with Crippen molar-refractivity contribution in [3.63, 3.8) is 0 Å². The van der Waals surface area contributed by atoms with Gasteiger partial charge in [-0.1, -0.05) is 12.1 Å². The Morgan fingerprint density at radius 3 is 2.42 bits per heavy atom. The van der Waals surface area contributed by atoms with Crippen molar-refractivity contribution in [3.05, 3.63) is 29.8 Å². The predicted molar refractivity (Wildman–Crippen MR) is 45.9 cm³/mol. The normalized spacial score (nSPS) is 8.42. The van der Waals surface area contributed by atoms with Gasteiger partial charge in [0.2, 0.25) is 0 Å². The first kappa shape index (κ1) is 10.4. The molecule has 0 atom stereocenters. The molecule has 1 rings (SSSR count). The van der Waals surface area contributed by atoms with E-state index in [4.69, 9.17) is 9.84 Å². The molecule has 0 aliphatic rings. The molecule has 0 aliphatic heterocycles. The van der Waals surface area contributed by atoms with Crippen molar-refractivity contribution in [3.8, 4) is 5.75 Å². The Morgan fingerprint density at radius 2 is 2.00 bits per heavy atom. The third kappa shape index (κ3) is 1.96. The van der Waals surface area contributed by atoms with Gasteiger partial charge in [-0.05, 0) is 12.1 Å². The largest absolute Gasteiger partial charge is 0.496 e. The molecule has 0 saturated carbocycles. The fraction of sp³-hybridized carbons (Fsp3) is 0.125. The molecule has 4 nitrogen and oxygen atoms in total. The Labute approximate surface area is 70.4 Å². The Hall–Kier alpha value is -1.55. The van der Waals surface area contributed by atoms with E-state index in [1.807, 2.05) is 0 Å². The highest BCUT2D eigenvalue weighted by molar-refractivity contribution is 5.90. The lowest BCUT2D eigenvalue weighted by Crippen LogP contribution is -1.99. The van der Waals surface area contributed by atoms with Gasteiger partial charge in [-0.3, -0.25) is 0 Å². The molecule has 5 N–H and O–H groups in total. The highest BCUT2D eigenvalue weighted by Gasteiger charge is 2.07. The van der Waals surface area contributed by atoms with E-state index in [0.29, 0.717) is 5.75 Å². The van der Waals surface area contributed by atoms with Crippen molar-refractivity contribution < 1.29 is 14.6 Å². The zero-order valence-corrected chi connectivity index (χ0v) is 7.07. The third-order valence-corrected chi connectivity index (χ3v) is 1.34. The van der Waals surface area contributed by atoms with Gasteiger partial charge in [0.25, 0.3) is 0 Å². The number of hydrogen-bond donors (Lipinski definition) is 2. The zero-order valence-electron chi connectivity index (χ0n) is 7.07. The lowest BCUT2D eigenvalue weighted by atomic mass is 10.2. The summed E-state index contributed by atoms with van der Waals surface area (Å²) in [7, 11) is 1.45. The highest BCUT2D eigenvalue weighted by atomic mass is 16.5. The van der Waals surface area contributed by atoms with Crippen LogP contribution in [-0.4, -0.2) is 18.2 Å². The lowest BCUT2D eigenvalue weighted by molar-refractivity contribution is 0.0693. The number of carboxylic acids is 1. The summed E-state index contributed by atoms with van der Waals surface area (Å²) < 4.78 is 4.83. The third-order valence-electron chi connectivity index (χ3n) is 1.34. The maximum atomic E-state index is 10.5. The molecule has 0 heterocycles. The van der Waals surface area contributed by atoms with Gasteiger partial charge in [-0.25, -0.2) is 4.79 Å². The first-order valence-electron chi connectivity index (χ1n) is 3.12.